The maximum absolute atomic E-state index is 13.1. The lowest BCUT2D eigenvalue weighted by molar-refractivity contribution is -0.135. The number of likely N-dealkylation sites (tertiary alicyclic amines) is 1. The van der Waals surface area contributed by atoms with E-state index in [9.17, 15) is 4.79 Å². The highest BCUT2D eigenvalue weighted by Crippen LogP contribution is 2.42. The average molecular weight is 380 g/mol. The predicted octanol–water partition coefficient (Wildman–Crippen LogP) is 3.81. The molecular formula is C23H28N2O3. The van der Waals surface area contributed by atoms with Gasteiger partial charge in [-0.1, -0.05) is 36.4 Å². The molecule has 0 N–H and O–H groups in total. The average Bonchev–Trinajstić information content (AvgIpc) is 3.06. The SMILES string of the molecule is CN(C)C(=O)[C@H](c1ccccc1)N1CCC[C@H]1c1ccc2c(c1)OCCCO2. The molecule has 0 unspecified atom stereocenters. The summed E-state index contributed by atoms with van der Waals surface area (Å²) in [4.78, 5) is 17.2. The molecule has 0 radical (unpaired) electrons. The van der Waals surface area contributed by atoms with Gasteiger partial charge < -0.3 is 14.4 Å². The van der Waals surface area contributed by atoms with Gasteiger partial charge in [0.1, 0.15) is 6.04 Å². The normalized spacial score (nSPS) is 20.4. The standard InChI is InChI=1S/C23H28N2O3/c1-24(2)23(26)22(17-8-4-3-5-9-17)25-13-6-10-19(25)18-11-12-20-21(16-18)28-15-7-14-27-20/h3-5,8-9,11-12,16,19,22H,6-7,10,13-15H2,1-2H3/t19-,22-/m0/s1. The van der Waals surface area contributed by atoms with E-state index in [1.54, 1.807) is 4.90 Å². The molecule has 5 heteroatoms. The summed E-state index contributed by atoms with van der Waals surface area (Å²) in [6.07, 6.45) is 3.00. The minimum absolute atomic E-state index is 0.118. The first-order valence-corrected chi connectivity index (χ1v) is 10.1. The van der Waals surface area contributed by atoms with Crippen molar-refractivity contribution in [1.29, 1.82) is 0 Å². The number of nitrogens with zero attached hydrogens (tertiary/aromatic N) is 2. The Hall–Kier alpha value is -2.53. The Kier molecular flexibility index (Phi) is 5.53. The third-order valence-corrected chi connectivity index (χ3v) is 5.57. The molecule has 0 saturated carbocycles. The second kappa shape index (κ2) is 8.23. The summed E-state index contributed by atoms with van der Waals surface area (Å²) in [5.41, 5.74) is 2.23. The van der Waals surface area contributed by atoms with Crippen LogP contribution in [0.5, 0.6) is 11.5 Å². The minimum Gasteiger partial charge on any atom is -0.490 e. The molecule has 2 aromatic carbocycles. The van der Waals surface area contributed by atoms with Crippen LogP contribution in [0.2, 0.25) is 0 Å². The van der Waals surface area contributed by atoms with Gasteiger partial charge in [0.25, 0.3) is 0 Å². The third kappa shape index (κ3) is 3.72. The van der Waals surface area contributed by atoms with Crippen LogP contribution >= 0.6 is 0 Å². The van der Waals surface area contributed by atoms with Crippen LogP contribution in [0.1, 0.15) is 42.5 Å². The molecule has 2 aliphatic rings. The molecule has 0 aromatic heterocycles. The molecule has 4 rings (SSSR count). The van der Waals surface area contributed by atoms with Crippen LogP contribution < -0.4 is 9.47 Å². The van der Waals surface area contributed by atoms with Gasteiger partial charge >= 0.3 is 0 Å². The number of hydrogen-bond acceptors (Lipinski definition) is 4. The number of carbonyl (C=O) groups excluding carboxylic acids is 1. The van der Waals surface area contributed by atoms with Gasteiger partial charge in [0.2, 0.25) is 5.91 Å². The van der Waals surface area contributed by atoms with E-state index in [1.807, 2.05) is 38.4 Å². The van der Waals surface area contributed by atoms with E-state index in [2.05, 4.69) is 29.2 Å². The van der Waals surface area contributed by atoms with Gasteiger partial charge in [-0.05, 0) is 42.6 Å². The number of hydrogen-bond donors (Lipinski definition) is 0. The van der Waals surface area contributed by atoms with E-state index in [4.69, 9.17) is 9.47 Å². The Morgan fingerprint density at radius 2 is 1.79 bits per heavy atom. The number of rotatable bonds is 4. The van der Waals surface area contributed by atoms with E-state index in [0.29, 0.717) is 13.2 Å². The van der Waals surface area contributed by atoms with Crippen molar-refractivity contribution in [3.05, 3.63) is 59.7 Å². The van der Waals surface area contributed by atoms with Crippen molar-refractivity contribution in [2.75, 3.05) is 33.9 Å². The van der Waals surface area contributed by atoms with Crippen LogP contribution in [-0.2, 0) is 4.79 Å². The van der Waals surface area contributed by atoms with Gasteiger partial charge in [-0.15, -0.1) is 0 Å². The number of fused-ring (bicyclic) bond motifs is 1. The summed E-state index contributed by atoms with van der Waals surface area (Å²) in [5, 5.41) is 0. The van der Waals surface area contributed by atoms with Crippen molar-refractivity contribution < 1.29 is 14.3 Å². The molecule has 5 nitrogen and oxygen atoms in total. The lowest BCUT2D eigenvalue weighted by Crippen LogP contribution is -2.39. The molecule has 0 spiro atoms. The van der Waals surface area contributed by atoms with Crippen LogP contribution in [0.15, 0.2) is 48.5 Å². The first kappa shape index (κ1) is 18.8. The van der Waals surface area contributed by atoms with E-state index in [0.717, 1.165) is 42.9 Å². The van der Waals surface area contributed by atoms with E-state index in [-0.39, 0.29) is 18.0 Å². The Morgan fingerprint density at radius 1 is 1.04 bits per heavy atom. The van der Waals surface area contributed by atoms with Gasteiger partial charge in [-0.2, -0.15) is 0 Å². The minimum atomic E-state index is -0.278. The molecule has 2 aliphatic heterocycles. The fourth-order valence-corrected chi connectivity index (χ4v) is 4.20. The highest BCUT2D eigenvalue weighted by molar-refractivity contribution is 5.83. The van der Waals surface area contributed by atoms with Crippen molar-refractivity contribution in [2.24, 2.45) is 0 Å². The lowest BCUT2D eigenvalue weighted by Gasteiger charge is -2.34. The maximum atomic E-state index is 13.1. The van der Waals surface area contributed by atoms with Crippen molar-refractivity contribution >= 4 is 5.91 Å². The molecule has 0 bridgehead atoms. The van der Waals surface area contributed by atoms with Gasteiger partial charge in [0, 0.05) is 26.6 Å². The van der Waals surface area contributed by atoms with E-state index >= 15 is 0 Å². The molecule has 28 heavy (non-hydrogen) atoms. The second-order valence-electron chi connectivity index (χ2n) is 7.70. The van der Waals surface area contributed by atoms with Crippen LogP contribution in [0, 0.1) is 0 Å². The summed E-state index contributed by atoms with van der Waals surface area (Å²) >= 11 is 0. The highest BCUT2D eigenvalue weighted by atomic mass is 16.5. The van der Waals surface area contributed by atoms with Crippen LogP contribution in [0.4, 0.5) is 0 Å². The Morgan fingerprint density at radius 3 is 2.54 bits per heavy atom. The number of ether oxygens (including phenoxy) is 2. The Balaban J connectivity index is 1.68. The van der Waals surface area contributed by atoms with Crippen molar-refractivity contribution in [2.45, 2.75) is 31.3 Å². The first-order chi connectivity index (χ1) is 13.6. The summed E-state index contributed by atoms with van der Waals surface area (Å²) in [7, 11) is 3.66. The number of likely N-dealkylation sites (N-methyl/N-ethyl adjacent to an activating group) is 1. The Labute approximate surface area is 166 Å². The lowest BCUT2D eigenvalue weighted by atomic mass is 9.99. The van der Waals surface area contributed by atoms with Crippen molar-refractivity contribution in [3.63, 3.8) is 0 Å². The van der Waals surface area contributed by atoms with Gasteiger partial charge in [0.05, 0.1) is 13.2 Å². The zero-order chi connectivity index (χ0) is 19.5. The second-order valence-corrected chi connectivity index (χ2v) is 7.70. The van der Waals surface area contributed by atoms with E-state index < -0.39 is 0 Å². The molecule has 2 aromatic rings. The summed E-state index contributed by atoms with van der Waals surface area (Å²) in [6.45, 7) is 2.27. The molecule has 148 valence electrons. The Bertz CT molecular complexity index is 822. The zero-order valence-corrected chi connectivity index (χ0v) is 16.6. The fraction of sp³-hybridized carbons (Fsp3) is 0.435. The fourth-order valence-electron chi connectivity index (χ4n) is 4.20. The van der Waals surface area contributed by atoms with E-state index in [1.165, 1.54) is 5.56 Å². The monoisotopic (exact) mass is 380 g/mol. The number of carbonyl (C=O) groups is 1. The molecule has 2 atom stereocenters. The number of benzene rings is 2. The molecule has 1 saturated heterocycles. The predicted molar refractivity (Wildman–Crippen MR) is 109 cm³/mol. The maximum Gasteiger partial charge on any atom is 0.244 e. The van der Waals surface area contributed by atoms with Crippen molar-refractivity contribution in [1.82, 2.24) is 9.80 Å². The molecule has 0 aliphatic carbocycles. The zero-order valence-electron chi connectivity index (χ0n) is 16.6. The van der Waals surface area contributed by atoms with Crippen LogP contribution in [0.3, 0.4) is 0 Å². The van der Waals surface area contributed by atoms with Crippen LogP contribution in [-0.4, -0.2) is 49.6 Å². The topological polar surface area (TPSA) is 42.0 Å². The smallest absolute Gasteiger partial charge is 0.244 e. The molecule has 1 fully saturated rings. The third-order valence-electron chi connectivity index (χ3n) is 5.57. The summed E-state index contributed by atoms with van der Waals surface area (Å²) in [6, 6.07) is 16.2. The van der Waals surface area contributed by atoms with Gasteiger partial charge in [-0.3, -0.25) is 9.69 Å². The largest absolute Gasteiger partial charge is 0.490 e. The first-order valence-electron chi connectivity index (χ1n) is 10.1. The van der Waals surface area contributed by atoms with Gasteiger partial charge in [0.15, 0.2) is 11.5 Å². The van der Waals surface area contributed by atoms with Gasteiger partial charge in [-0.25, -0.2) is 0 Å². The summed E-state index contributed by atoms with van der Waals surface area (Å²) < 4.78 is 11.7. The number of amides is 1. The summed E-state index contributed by atoms with van der Waals surface area (Å²) in [5.74, 6) is 1.75. The molecule has 2 heterocycles. The highest BCUT2D eigenvalue weighted by Gasteiger charge is 2.37. The molecule has 1 amide bonds. The molecular weight excluding hydrogens is 352 g/mol. The quantitative estimate of drug-likeness (QED) is 0.809. The van der Waals surface area contributed by atoms with Crippen LogP contribution in [0.25, 0.3) is 0 Å². The van der Waals surface area contributed by atoms with Crippen molar-refractivity contribution in [3.8, 4) is 11.5 Å².